The van der Waals surface area contributed by atoms with Crippen molar-refractivity contribution in [2.24, 2.45) is 107 Å². The fourth-order valence-electron chi connectivity index (χ4n) is 16.3. The molecule has 2 amide bonds. The number of amides is 2. The van der Waals surface area contributed by atoms with E-state index in [1.165, 1.54) is 34.0 Å². The van der Waals surface area contributed by atoms with Crippen LogP contribution in [-0.4, -0.2) is 126 Å². The number of H-pyrrole nitrogens is 1. The molecule has 780 valence electrons. The number of aliphatic carboxylic acids is 2. The van der Waals surface area contributed by atoms with Crippen LogP contribution < -0.4 is 33.3 Å². The van der Waals surface area contributed by atoms with Crippen LogP contribution in [0.1, 0.15) is 306 Å². The molecule has 7 aromatic rings. The zero-order valence-electron chi connectivity index (χ0n) is 91.4. The molecule has 3 aromatic heterocycles. The van der Waals surface area contributed by atoms with E-state index < -0.39 is 47.2 Å². The summed E-state index contributed by atoms with van der Waals surface area (Å²) in [6.45, 7) is 71.6. The van der Waals surface area contributed by atoms with Crippen molar-refractivity contribution in [3.05, 3.63) is 230 Å². The zero-order valence-corrected chi connectivity index (χ0v) is 91.4. The molecule has 0 saturated carbocycles. The second kappa shape index (κ2) is 59.3. The number of epoxide rings is 1. The average molecular weight is 1940 g/mol. The van der Waals surface area contributed by atoms with Crippen LogP contribution in [0.2, 0.25) is 0 Å². The third-order valence-corrected chi connectivity index (χ3v) is 24.0. The SMILES string of the molecule is CC(C)(C)C(Cc1ccccc1)C(=O)O.CC(C)(C)C(Cc1ccccn1)OC=O.CC(C)(C)Cc1ccc(N=C(N)N)cc1.CC(C)C(C(=O)O)C(C)(C)C.CC(C)CC(C(=O)NC(C)Cc1ccccc1)C(C)(C)C.CC(C)CC(NC(=O)C(Cc1ccccc1)C(C)(C)C)C(=O)C1(C)CO1.CCC(Cc1ccccn1)C(C)(C)C.Cc1cn(C2CC(O)C(CC(C)(C)C)O2)c(=O)[nH]c1=O.O=C=O. The number of aliphatic imine (C=N–C) groups is 1. The summed E-state index contributed by atoms with van der Waals surface area (Å²) in [6.07, 6.45) is 12.6. The maximum atomic E-state index is 13.1. The molecule has 2 saturated heterocycles. The summed E-state index contributed by atoms with van der Waals surface area (Å²) in [5, 5.41) is 34.4. The Morgan fingerprint density at radius 1 is 0.564 bits per heavy atom. The number of ether oxygens (including phenoxy) is 3. The number of aliphatic hydroxyl groups excluding tert-OH is 1. The van der Waals surface area contributed by atoms with Gasteiger partial charge in [0.25, 0.3) is 12.0 Å². The second-order valence-electron chi connectivity index (χ2n) is 47.5. The van der Waals surface area contributed by atoms with Gasteiger partial charge in [-0.3, -0.25) is 53.1 Å². The molecule has 9 rings (SSSR count). The number of nitrogens with zero attached hydrogens (tertiary/aromatic N) is 4. The van der Waals surface area contributed by atoms with Gasteiger partial charge in [-0.1, -0.05) is 336 Å². The summed E-state index contributed by atoms with van der Waals surface area (Å²) < 4.78 is 17.6. The molecule has 12 unspecified atom stereocenters. The van der Waals surface area contributed by atoms with E-state index in [4.69, 9.17) is 40.4 Å². The minimum Gasteiger partial charge on any atom is -0.481 e. The number of benzene rings is 4. The number of guanidine groups is 1. The first-order chi connectivity index (χ1) is 64.4. The van der Waals surface area contributed by atoms with Crippen LogP contribution in [0.25, 0.3) is 0 Å². The van der Waals surface area contributed by atoms with Gasteiger partial charge in [0.15, 0.2) is 11.7 Å². The van der Waals surface area contributed by atoms with Crippen molar-refractivity contribution in [2.75, 3.05) is 6.61 Å². The predicted octanol–water partition coefficient (Wildman–Crippen LogP) is 22.0. The van der Waals surface area contributed by atoms with Gasteiger partial charge in [-0.05, 0) is 198 Å². The Morgan fingerprint density at radius 3 is 1.35 bits per heavy atom. The fraction of sp³-hybridized carbons (Fsp3) is 0.600. The third kappa shape index (κ3) is 52.2. The van der Waals surface area contributed by atoms with E-state index in [-0.39, 0.29) is 110 Å². The minimum absolute atomic E-state index is 0.000814. The first-order valence-corrected chi connectivity index (χ1v) is 49.5. The van der Waals surface area contributed by atoms with Gasteiger partial charge in [-0.25, -0.2) is 9.79 Å². The highest BCUT2D eigenvalue weighted by atomic mass is 16.6. The Labute approximate surface area is 839 Å². The largest absolute Gasteiger partial charge is 0.481 e. The minimum atomic E-state index is -0.719. The second-order valence-corrected chi connectivity index (χ2v) is 47.5. The average Bonchev–Trinajstić information content (AvgIpc) is 1.63. The predicted molar refractivity (Wildman–Crippen MR) is 564 cm³/mol. The van der Waals surface area contributed by atoms with Crippen LogP contribution in [0.3, 0.4) is 0 Å². The van der Waals surface area contributed by atoms with Gasteiger partial charge < -0.3 is 51.6 Å². The van der Waals surface area contributed by atoms with E-state index in [1.807, 2.05) is 198 Å². The highest BCUT2D eigenvalue weighted by Crippen LogP contribution is 2.39. The summed E-state index contributed by atoms with van der Waals surface area (Å²) >= 11 is 0. The number of carboxylic acids is 2. The lowest BCUT2D eigenvalue weighted by molar-refractivity contribution is -0.192. The third-order valence-electron chi connectivity index (χ3n) is 24.0. The number of ketones is 1. The summed E-state index contributed by atoms with van der Waals surface area (Å²) in [6, 6.07) is 49.7. The molecule has 12 atom stereocenters. The number of aryl methyl sites for hydroxylation is 1. The maximum absolute atomic E-state index is 13.1. The number of aromatic nitrogens is 4. The lowest BCUT2D eigenvalue weighted by atomic mass is 9.74. The van der Waals surface area contributed by atoms with E-state index in [9.17, 15) is 48.6 Å². The molecule has 2 fully saturated rings. The Bertz CT molecular complexity index is 4930. The number of aromatic amines is 1. The monoisotopic (exact) mass is 1940 g/mol. The molecule has 10 N–H and O–H groups in total. The number of carbonyl (C=O) groups is 6. The molecular formula is C115H179N9O16. The molecule has 2 aliphatic heterocycles. The molecular weight excluding hydrogens is 1760 g/mol. The molecule has 140 heavy (non-hydrogen) atoms. The summed E-state index contributed by atoms with van der Waals surface area (Å²) in [4.78, 5) is 125. The van der Waals surface area contributed by atoms with Gasteiger partial charge in [0.2, 0.25) is 11.8 Å². The number of hydrogen-bond donors (Lipinski definition) is 8. The van der Waals surface area contributed by atoms with E-state index in [0.717, 1.165) is 54.1 Å². The maximum Gasteiger partial charge on any atom is 0.373 e. The summed E-state index contributed by atoms with van der Waals surface area (Å²) in [5.74, 6) is -0.130. The van der Waals surface area contributed by atoms with Crippen LogP contribution in [0.15, 0.2) is 185 Å². The van der Waals surface area contributed by atoms with E-state index >= 15 is 0 Å². The van der Waals surface area contributed by atoms with E-state index in [0.29, 0.717) is 79.8 Å². The quantitative estimate of drug-likeness (QED) is 0.00897. The standard InChI is InChI=1S/C22H33NO3.C19H31NO.C14H22N2O4.C13H21N.C13H18O2.C12H19N3.C12H17NO2.C9H18O2.CO2/c1-15(2)12-18(19(24)22(6)14-26-22)23-20(25)17(21(3,4)5)13-16-10-8-7-9-11-16;1-14(2)12-17(19(4,5)6)18(21)20-15(3)13-16-10-8-7-9-11-16;1-8-7-16(13(19)15-12(8)18)11-5-9(17)10(20-11)6-14(2,3)4;1-5-11(13(2,3)4)10-12-8-6-7-9-14-12;1-13(2,3)11(12(14)15)9-10-7-5-4-6-8-10;1-12(2,3)8-9-4-6-10(7-5-9)15-11(13)14;1-12(2,3)11(15-9-14)8-10-6-4-5-7-13-10;1-6(2)7(8(10)11)9(3,4)5;2-1-3/h7-11,15,17-18H,12-14H2,1-6H3,(H,23,25);7-11,14-15,17H,12-13H2,1-6H3,(H,20,21);7,9-11,17H,5-6H2,1-4H3,(H,15,18,19);6-9,11H,5,10H2,1-4H3;4-8,11H,9H2,1-3H3,(H,14,15);4-7H,8H2,1-3H3,(H4,13,14,15);4-7,9,11H,8H2,1-3H3;6-7H,1-5H3,(H,10,11);. The summed E-state index contributed by atoms with van der Waals surface area (Å²) in [5.41, 5.74) is 17.3. The Morgan fingerprint density at radius 2 is 1.00 bits per heavy atom. The first kappa shape index (κ1) is 127. The molecule has 25 nitrogen and oxygen atoms in total. The van der Waals surface area contributed by atoms with Crippen molar-refractivity contribution in [1.82, 2.24) is 30.2 Å². The molecule has 25 heteroatoms. The number of carboxylic acid groups (broad SMARTS) is 2. The molecule has 0 bridgehead atoms. The number of aliphatic hydroxyl groups is 1. The highest BCUT2D eigenvalue weighted by molar-refractivity contribution is 5.97. The fourth-order valence-corrected chi connectivity index (χ4v) is 16.3. The van der Waals surface area contributed by atoms with Crippen molar-refractivity contribution >= 4 is 53.8 Å². The number of rotatable bonds is 30. The number of Topliss-reactive ketones (excluding diaryl/α,β-unsaturated/α-hetero) is 1. The molecule has 0 spiro atoms. The van der Waals surface area contributed by atoms with Crippen molar-refractivity contribution in [3.8, 4) is 0 Å². The van der Waals surface area contributed by atoms with E-state index in [1.54, 1.807) is 20.0 Å². The van der Waals surface area contributed by atoms with Gasteiger partial charge in [0, 0.05) is 66.3 Å². The number of hydrogen-bond acceptors (Lipinski definition) is 17. The van der Waals surface area contributed by atoms with Crippen molar-refractivity contribution in [2.45, 2.75) is 348 Å². The lowest BCUT2D eigenvalue weighted by Gasteiger charge is -2.32. The van der Waals surface area contributed by atoms with Gasteiger partial charge >= 0.3 is 23.8 Å². The number of nitrogens with two attached hydrogens (primary N) is 2. The molecule has 5 heterocycles. The molecule has 0 radical (unpaired) electrons. The summed E-state index contributed by atoms with van der Waals surface area (Å²) in [7, 11) is 0. The molecule has 4 aromatic carbocycles. The van der Waals surface area contributed by atoms with Gasteiger partial charge in [0.05, 0.1) is 42.4 Å². The Balaban J connectivity index is 0.000000806. The van der Waals surface area contributed by atoms with Crippen LogP contribution in [0.5, 0.6) is 0 Å². The number of pyridine rings is 2. The van der Waals surface area contributed by atoms with Crippen molar-refractivity contribution in [3.63, 3.8) is 0 Å². The molecule has 2 aliphatic rings. The van der Waals surface area contributed by atoms with Gasteiger partial charge in [-0.2, -0.15) is 9.59 Å². The molecule has 0 aliphatic carbocycles. The highest BCUT2D eigenvalue weighted by Gasteiger charge is 2.51. The Kier molecular flexibility index (Phi) is 54.0. The van der Waals surface area contributed by atoms with Crippen LogP contribution in [-0.2, 0) is 91.1 Å². The normalized spacial score (nSPS) is 16.9. The topological polar surface area (TPSA) is 397 Å². The zero-order chi connectivity index (χ0) is 107. The van der Waals surface area contributed by atoms with Crippen LogP contribution in [0.4, 0.5) is 5.69 Å². The lowest BCUT2D eigenvalue weighted by Crippen LogP contribution is -2.50. The van der Waals surface area contributed by atoms with Crippen molar-refractivity contribution in [1.29, 1.82) is 0 Å². The van der Waals surface area contributed by atoms with Gasteiger partial charge in [-0.15, -0.1) is 0 Å². The van der Waals surface area contributed by atoms with Crippen LogP contribution in [0, 0.1) is 97.6 Å². The van der Waals surface area contributed by atoms with Crippen LogP contribution >= 0.6 is 0 Å². The Hall–Kier alpha value is -10.6. The first-order valence-electron chi connectivity index (χ1n) is 49.5. The van der Waals surface area contributed by atoms with E-state index in [2.05, 4.69) is 212 Å². The van der Waals surface area contributed by atoms with Gasteiger partial charge in [0.1, 0.15) is 17.9 Å². The number of carbonyl (C=O) groups excluding carboxylic acids is 6. The van der Waals surface area contributed by atoms with Crippen molar-refractivity contribution < 1.29 is 67.9 Å². The smallest absolute Gasteiger partial charge is 0.373 e. The number of nitrogens with one attached hydrogen (secondary N) is 3.